The minimum absolute atomic E-state index is 0.0957. The topological polar surface area (TPSA) is 88.2 Å². The minimum atomic E-state index is -0.665. The molecule has 0 aliphatic rings. The van der Waals surface area contributed by atoms with Gasteiger partial charge < -0.3 is 16.2 Å². The number of rotatable bonds is 4. The van der Waals surface area contributed by atoms with Crippen LogP contribution in [0.2, 0.25) is 0 Å². The molecule has 0 atom stereocenters. The summed E-state index contributed by atoms with van der Waals surface area (Å²) >= 11 is 4.83. The molecule has 2 aromatic carbocycles. The van der Waals surface area contributed by atoms with Gasteiger partial charge in [-0.2, -0.15) is 0 Å². The quantitative estimate of drug-likeness (QED) is 0.625. The van der Waals surface area contributed by atoms with Crippen LogP contribution in [-0.2, 0) is 0 Å². The largest absolute Gasteiger partial charge is 0.507 e. The summed E-state index contributed by atoms with van der Waals surface area (Å²) in [6.45, 7) is 0. The second kappa shape index (κ2) is 6.39. The fraction of sp³-hybridized carbons (Fsp3) is 0. The third-order valence-electron chi connectivity index (χ3n) is 3.15. The Morgan fingerprint density at radius 1 is 1.22 bits per heavy atom. The Balaban J connectivity index is 1.85. The minimum Gasteiger partial charge on any atom is -0.507 e. The number of nitrogens with two attached hydrogens (primary N) is 1. The van der Waals surface area contributed by atoms with Crippen molar-refractivity contribution in [2.75, 3.05) is 5.32 Å². The van der Waals surface area contributed by atoms with E-state index in [0.29, 0.717) is 0 Å². The predicted molar refractivity (Wildman–Crippen MR) is 95.2 cm³/mol. The maximum atomic E-state index is 11.3. The number of nitrogens with zero attached hydrogens (tertiary/aromatic N) is 1. The molecule has 3 aromatic rings. The molecule has 0 fully saturated rings. The zero-order chi connectivity index (χ0) is 16.4. The van der Waals surface area contributed by atoms with Crippen LogP contribution in [0.25, 0.3) is 10.4 Å². The van der Waals surface area contributed by atoms with Crippen molar-refractivity contribution in [1.29, 1.82) is 0 Å². The molecule has 5 nitrogen and oxygen atoms in total. The van der Waals surface area contributed by atoms with E-state index in [1.807, 2.05) is 24.3 Å². The predicted octanol–water partition coefficient (Wildman–Crippen LogP) is 4.12. The van der Waals surface area contributed by atoms with Gasteiger partial charge in [-0.05, 0) is 48.0 Å². The molecule has 4 N–H and O–H groups in total. The Kier molecular flexibility index (Phi) is 4.31. The average molecular weight is 390 g/mol. The molecule has 116 valence electrons. The molecule has 1 amide bonds. The molecule has 1 heterocycles. The van der Waals surface area contributed by atoms with Gasteiger partial charge in [0.1, 0.15) is 5.75 Å². The van der Waals surface area contributed by atoms with Crippen LogP contribution in [-0.4, -0.2) is 16.0 Å². The fourth-order valence-electron chi connectivity index (χ4n) is 2.01. The first-order valence-corrected chi connectivity index (χ1v) is 8.25. The molecule has 3 rings (SSSR count). The van der Waals surface area contributed by atoms with Crippen LogP contribution in [0.15, 0.2) is 53.1 Å². The van der Waals surface area contributed by atoms with Crippen LogP contribution in [0.4, 0.5) is 10.8 Å². The van der Waals surface area contributed by atoms with Crippen molar-refractivity contribution >= 4 is 44.0 Å². The van der Waals surface area contributed by atoms with Crippen molar-refractivity contribution in [2.45, 2.75) is 0 Å². The summed E-state index contributed by atoms with van der Waals surface area (Å²) < 4.78 is 1.01. The fourth-order valence-corrected chi connectivity index (χ4v) is 3.11. The number of carbonyl (C=O) groups excluding carboxylic acids is 1. The lowest BCUT2D eigenvalue weighted by atomic mass is 10.1. The van der Waals surface area contributed by atoms with Gasteiger partial charge in [-0.3, -0.25) is 4.79 Å². The zero-order valence-corrected chi connectivity index (χ0v) is 14.2. The first-order chi connectivity index (χ1) is 11.0. The Labute approximate surface area is 144 Å². The van der Waals surface area contributed by atoms with Crippen molar-refractivity contribution < 1.29 is 9.90 Å². The maximum absolute atomic E-state index is 11.3. The van der Waals surface area contributed by atoms with Crippen molar-refractivity contribution in [2.24, 2.45) is 5.73 Å². The molecule has 0 radical (unpaired) electrons. The molecule has 0 saturated carbocycles. The van der Waals surface area contributed by atoms with Crippen LogP contribution in [0.1, 0.15) is 10.4 Å². The van der Waals surface area contributed by atoms with Crippen LogP contribution < -0.4 is 11.1 Å². The second-order valence-corrected chi connectivity index (χ2v) is 6.70. The molecule has 1 aromatic heterocycles. The summed E-state index contributed by atoms with van der Waals surface area (Å²) in [6.07, 6.45) is 1.71. The Hall–Kier alpha value is -2.38. The summed E-state index contributed by atoms with van der Waals surface area (Å²) in [5, 5.41) is 13.6. The third kappa shape index (κ3) is 3.52. The molecule has 0 saturated heterocycles. The smallest absolute Gasteiger partial charge is 0.252 e. The Morgan fingerprint density at radius 2 is 1.96 bits per heavy atom. The van der Waals surface area contributed by atoms with E-state index in [1.165, 1.54) is 17.4 Å². The van der Waals surface area contributed by atoms with Gasteiger partial charge in [-0.1, -0.05) is 27.3 Å². The Bertz CT molecular complexity index is 862. The molecular weight excluding hydrogens is 378 g/mol. The van der Waals surface area contributed by atoms with E-state index in [2.05, 4.69) is 26.2 Å². The van der Waals surface area contributed by atoms with E-state index in [0.717, 1.165) is 25.7 Å². The number of hydrogen-bond acceptors (Lipinski definition) is 5. The van der Waals surface area contributed by atoms with Crippen LogP contribution >= 0.6 is 27.3 Å². The molecule has 0 aliphatic heterocycles. The van der Waals surface area contributed by atoms with E-state index >= 15 is 0 Å². The van der Waals surface area contributed by atoms with Crippen LogP contribution in [0, 0.1) is 0 Å². The maximum Gasteiger partial charge on any atom is 0.252 e. The number of thiazole rings is 1. The van der Waals surface area contributed by atoms with E-state index in [1.54, 1.807) is 18.3 Å². The summed E-state index contributed by atoms with van der Waals surface area (Å²) in [6, 6.07) is 12.5. The standard InChI is InChI=1S/C16H12BrN3O2S/c17-10-2-4-11(5-3-10)20-16-19-8-14(23-16)9-1-6-13(21)12(7-9)15(18)22/h1-8,21H,(H2,18,22)(H,19,20). The number of carbonyl (C=O) groups is 1. The zero-order valence-electron chi connectivity index (χ0n) is 11.8. The van der Waals surface area contributed by atoms with Crippen molar-refractivity contribution in [3.05, 3.63) is 58.7 Å². The number of benzene rings is 2. The first-order valence-electron chi connectivity index (χ1n) is 6.64. The van der Waals surface area contributed by atoms with Crippen molar-refractivity contribution in [1.82, 2.24) is 4.98 Å². The molecule has 0 aliphatic carbocycles. The van der Waals surface area contributed by atoms with Gasteiger partial charge in [0.2, 0.25) is 0 Å². The first kappa shape index (κ1) is 15.5. The molecule has 23 heavy (non-hydrogen) atoms. The van der Waals surface area contributed by atoms with E-state index in [4.69, 9.17) is 5.73 Å². The van der Waals surface area contributed by atoms with E-state index in [9.17, 15) is 9.90 Å². The number of primary amides is 1. The van der Waals surface area contributed by atoms with E-state index < -0.39 is 5.91 Å². The highest BCUT2D eigenvalue weighted by Crippen LogP contribution is 2.33. The number of amides is 1. The van der Waals surface area contributed by atoms with Crippen LogP contribution in [0.5, 0.6) is 5.75 Å². The van der Waals surface area contributed by atoms with Gasteiger partial charge in [0, 0.05) is 16.4 Å². The SMILES string of the molecule is NC(=O)c1cc(-c2cnc(Nc3ccc(Br)cc3)s2)ccc1O. The summed E-state index contributed by atoms with van der Waals surface area (Å²) in [5.41, 5.74) is 7.05. The molecule has 0 bridgehead atoms. The van der Waals surface area contributed by atoms with Gasteiger partial charge >= 0.3 is 0 Å². The van der Waals surface area contributed by atoms with Crippen LogP contribution in [0.3, 0.4) is 0 Å². The van der Waals surface area contributed by atoms with E-state index in [-0.39, 0.29) is 11.3 Å². The summed E-state index contributed by atoms with van der Waals surface area (Å²) in [4.78, 5) is 16.5. The van der Waals surface area contributed by atoms with Gasteiger partial charge in [0.25, 0.3) is 5.91 Å². The molecule has 0 unspecified atom stereocenters. The second-order valence-electron chi connectivity index (χ2n) is 4.76. The van der Waals surface area contributed by atoms with Gasteiger partial charge in [-0.25, -0.2) is 4.98 Å². The lowest BCUT2D eigenvalue weighted by Crippen LogP contribution is -2.11. The lowest BCUT2D eigenvalue weighted by molar-refractivity contribution is 0.0998. The van der Waals surface area contributed by atoms with Gasteiger partial charge in [0.15, 0.2) is 5.13 Å². The number of anilines is 2. The highest BCUT2D eigenvalue weighted by molar-refractivity contribution is 9.10. The number of nitrogens with one attached hydrogen (secondary N) is 1. The molecule has 0 spiro atoms. The Morgan fingerprint density at radius 3 is 2.65 bits per heavy atom. The van der Waals surface area contributed by atoms with Crippen molar-refractivity contribution in [3.8, 4) is 16.2 Å². The van der Waals surface area contributed by atoms with Crippen molar-refractivity contribution in [3.63, 3.8) is 0 Å². The number of aromatic hydroxyl groups is 1. The normalized spacial score (nSPS) is 10.5. The molecule has 7 heteroatoms. The number of hydrogen-bond donors (Lipinski definition) is 3. The summed E-state index contributed by atoms with van der Waals surface area (Å²) in [5.74, 6) is -0.791. The molecular formula is C16H12BrN3O2S. The highest BCUT2D eigenvalue weighted by atomic mass is 79.9. The third-order valence-corrected chi connectivity index (χ3v) is 4.64. The van der Waals surface area contributed by atoms with Gasteiger partial charge in [-0.15, -0.1) is 0 Å². The lowest BCUT2D eigenvalue weighted by Gasteiger charge is -2.03. The highest BCUT2D eigenvalue weighted by Gasteiger charge is 2.11. The van der Waals surface area contributed by atoms with Gasteiger partial charge in [0.05, 0.1) is 10.4 Å². The number of aromatic nitrogens is 1. The number of phenols is 1. The summed E-state index contributed by atoms with van der Waals surface area (Å²) in [7, 11) is 0. The monoisotopic (exact) mass is 389 g/mol. The number of halogens is 1. The average Bonchev–Trinajstić information content (AvgIpc) is 2.98.